The van der Waals surface area contributed by atoms with Crippen LogP contribution in [0.5, 0.6) is 0 Å². The molecule has 0 N–H and O–H groups in total. The molecular formula is C24H20N2O4S. The van der Waals surface area contributed by atoms with Gasteiger partial charge in [-0.3, -0.25) is 4.79 Å². The van der Waals surface area contributed by atoms with Crippen molar-refractivity contribution in [1.29, 1.82) is 0 Å². The first-order chi connectivity index (χ1) is 14.7. The topological polar surface area (TPSA) is 82.2 Å². The van der Waals surface area contributed by atoms with Gasteiger partial charge < -0.3 is 8.98 Å². The molecule has 2 aromatic carbocycles. The lowest BCUT2D eigenvalue weighted by atomic mass is 10.0. The van der Waals surface area contributed by atoms with E-state index >= 15 is 0 Å². The van der Waals surface area contributed by atoms with Crippen LogP contribution >= 0.6 is 0 Å². The van der Waals surface area contributed by atoms with Crippen LogP contribution in [-0.2, 0) is 22.6 Å². The maximum atomic E-state index is 13.0. The van der Waals surface area contributed by atoms with Gasteiger partial charge in [-0.15, -0.1) is 0 Å². The predicted molar refractivity (Wildman–Crippen MR) is 120 cm³/mol. The average molecular weight is 433 g/mol. The Bertz CT molecular complexity index is 1520. The molecule has 2 aromatic heterocycles. The van der Waals surface area contributed by atoms with Crippen LogP contribution in [0.3, 0.4) is 0 Å². The monoisotopic (exact) mass is 432 g/mol. The highest BCUT2D eigenvalue weighted by molar-refractivity contribution is 7.89. The fraction of sp³-hybridized carbons (Fsp3) is 0.167. The summed E-state index contributed by atoms with van der Waals surface area (Å²) in [7, 11) is -1.21. The normalized spacial score (nSPS) is 11.3. The fourth-order valence-corrected chi connectivity index (χ4v) is 4.04. The minimum absolute atomic E-state index is 0.0399. The van der Waals surface area contributed by atoms with E-state index in [9.17, 15) is 13.2 Å². The summed E-state index contributed by atoms with van der Waals surface area (Å²) >= 11 is 0. The second-order valence-corrected chi connectivity index (χ2v) is 9.60. The number of hydrogen-bond donors (Lipinski definition) is 0. The van der Waals surface area contributed by atoms with E-state index in [1.54, 1.807) is 48.7 Å². The summed E-state index contributed by atoms with van der Waals surface area (Å²) in [6.45, 7) is 1.91. The zero-order valence-corrected chi connectivity index (χ0v) is 18.2. The van der Waals surface area contributed by atoms with Crippen LogP contribution in [0.15, 0.2) is 64.1 Å². The number of sulfone groups is 1. The minimum Gasteiger partial charge on any atom is -0.463 e. The standard InChI is InChI=1S/C24H20N2O4S/c1-16-25-13-20(26(16)2)10-6-17-7-11-21-23(12-17)30-14-22(24(21)27)19-8-4-18(5-9-19)15-31(3,28)29/h4-5,7-9,11-14H,15H2,1-3H3. The summed E-state index contributed by atoms with van der Waals surface area (Å²) in [4.78, 5) is 17.2. The Morgan fingerprint density at radius 3 is 2.48 bits per heavy atom. The molecule has 0 fully saturated rings. The summed E-state index contributed by atoms with van der Waals surface area (Å²) in [6, 6.07) is 12.1. The van der Waals surface area contributed by atoms with E-state index in [0.717, 1.165) is 17.1 Å². The molecule has 0 bridgehead atoms. The molecule has 0 amide bonds. The van der Waals surface area contributed by atoms with Gasteiger partial charge in [0.1, 0.15) is 23.4 Å². The number of rotatable bonds is 3. The van der Waals surface area contributed by atoms with Gasteiger partial charge in [-0.1, -0.05) is 30.2 Å². The van der Waals surface area contributed by atoms with Crippen LogP contribution in [0.4, 0.5) is 0 Å². The Morgan fingerprint density at radius 2 is 1.84 bits per heavy atom. The van der Waals surface area contributed by atoms with Crippen molar-refractivity contribution in [1.82, 2.24) is 9.55 Å². The van der Waals surface area contributed by atoms with E-state index in [2.05, 4.69) is 16.8 Å². The zero-order chi connectivity index (χ0) is 22.2. The number of nitrogens with zero attached hydrogens (tertiary/aromatic N) is 2. The summed E-state index contributed by atoms with van der Waals surface area (Å²) in [6.07, 6.45) is 4.34. The van der Waals surface area contributed by atoms with Crippen molar-refractivity contribution in [2.45, 2.75) is 12.7 Å². The van der Waals surface area contributed by atoms with E-state index in [-0.39, 0.29) is 11.2 Å². The lowest BCUT2D eigenvalue weighted by Crippen LogP contribution is -2.05. The van der Waals surface area contributed by atoms with Crippen LogP contribution < -0.4 is 5.43 Å². The molecule has 31 heavy (non-hydrogen) atoms. The van der Waals surface area contributed by atoms with Gasteiger partial charge in [0.05, 0.1) is 22.9 Å². The van der Waals surface area contributed by atoms with Gasteiger partial charge in [0.2, 0.25) is 0 Å². The van der Waals surface area contributed by atoms with Crippen molar-refractivity contribution in [3.8, 4) is 23.0 Å². The first-order valence-corrected chi connectivity index (χ1v) is 11.6. The lowest BCUT2D eigenvalue weighted by Gasteiger charge is -2.05. The first kappa shape index (κ1) is 20.6. The molecule has 0 aliphatic carbocycles. The Kier molecular flexibility index (Phi) is 5.25. The second-order valence-electron chi connectivity index (χ2n) is 7.46. The molecule has 0 saturated carbocycles. The number of aromatic nitrogens is 2. The molecule has 6 nitrogen and oxygen atoms in total. The van der Waals surface area contributed by atoms with E-state index in [1.165, 1.54) is 12.5 Å². The average Bonchev–Trinajstić information content (AvgIpc) is 3.04. The van der Waals surface area contributed by atoms with Crippen molar-refractivity contribution in [3.63, 3.8) is 0 Å². The van der Waals surface area contributed by atoms with Crippen molar-refractivity contribution < 1.29 is 12.8 Å². The SMILES string of the molecule is Cc1ncc(C#Cc2ccc3c(=O)c(-c4ccc(CS(C)(=O)=O)cc4)coc3c2)n1C. The van der Waals surface area contributed by atoms with Gasteiger partial charge in [-0.25, -0.2) is 13.4 Å². The largest absolute Gasteiger partial charge is 0.463 e. The van der Waals surface area contributed by atoms with Crippen LogP contribution in [0.2, 0.25) is 0 Å². The summed E-state index contributed by atoms with van der Waals surface area (Å²) in [5.41, 5.74) is 3.59. The van der Waals surface area contributed by atoms with Crippen LogP contribution in [0, 0.1) is 18.8 Å². The van der Waals surface area contributed by atoms with Crippen molar-refractivity contribution in [2.75, 3.05) is 6.26 Å². The molecular weight excluding hydrogens is 412 g/mol. The number of benzene rings is 2. The maximum Gasteiger partial charge on any atom is 0.200 e. The van der Waals surface area contributed by atoms with Crippen LogP contribution in [0.1, 0.15) is 22.6 Å². The highest BCUT2D eigenvalue weighted by Gasteiger charge is 2.11. The third-order valence-electron chi connectivity index (χ3n) is 5.02. The van der Waals surface area contributed by atoms with Crippen LogP contribution in [0.25, 0.3) is 22.1 Å². The van der Waals surface area contributed by atoms with Gasteiger partial charge >= 0.3 is 0 Å². The maximum absolute atomic E-state index is 13.0. The van der Waals surface area contributed by atoms with E-state index in [1.807, 2.05) is 18.5 Å². The van der Waals surface area contributed by atoms with Crippen LogP contribution in [-0.4, -0.2) is 24.2 Å². The molecule has 0 spiro atoms. The highest BCUT2D eigenvalue weighted by atomic mass is 32.2. The number of fused-ring (bicyclic) bond motifs is 1. The molecule has 0 atom stereocenters. The summed E-state index contributed by atoms with van der Waals surface area (Å²) in [5, 5.41) is 0.458. The van der Waals surface area contributed by atoms with Crippen molar-refractivity contribution >= 4 is 20.8 Å². The molecule has 0 aliphatic rings. The molecule has 0 radical (unpaired) electrons. The highest BCUT2D eigenvalue weighted by Crippen LogP contribution is 2.21. The first-order valence-electron chi connectivity index (χ1n) is 9.54. The number of aryl methyl sites for hydroxylation is 1. The van der Waals surface area contributed by atoms with E-state index in [0.29, 0.717) is 27.7 Å². The molecule has 7 heteroatoms. The number of hydrogen-bond acceptors (Lipinski definition) is 5. The minimum atomic E-state index is -3.12. The third-order valence-corrected chi connectivity index (χ3v) is 5.88. The molecule has 4 aromatic rings. The van der Waals surface area contributed by atoms with Crippen molar-refractivity contribution in [3.05, 3.63) is 87.8 Å². The van der Waals surface area contributed by atoms with Gasteiger partial charge in [-0.2, -0.15) is 0 Å². The Balaban J connectivity index is 1.67. The molecule has 2 heterocycles. The second kappa shape index (κ2) is 7.89. The van der Waals surface area contributed by atoms with Gasteiger partial charge in [0.15, 0.2) is 15.3 Å². The molecule has 156 valence electrons. The molecule has 4 rings (SSSR count). The van der Waals surface area contributed by atoms with Gasteiger partial charge in [0, 0.05) is 18.9 Å². The van der Waals surface area contributed by atoms with Gasteiger partial charge in [-0.05, 0) is 42.2 Å². The Morgan fingerprint density at radius 1 is 1.10 bits per heavy atom. The van der Waals surface area contributed by atoms with E-state index in [4.69, 9.17) is 4.42 Å². The zero-order valence-electron chi connectivity index (χ0n) is 17.3. The predicted octanol–water partition coefficient (Wildman–Crippen LogP) is 3.45. The van der Waals surface area contributed by atoms with Gasteiger partial charge in [0.25, 0.3) is 0 Å². The third kappa shape index (κ3) is 4.44. The van der Waals surface area contributed by atoms with Crippen molar-refractivity contribution in [2.24, 2.45) is 7.05 Å². The molecule has 0 saturated heterocycles. The lowest BCUT2D eigenvalue weighted by molar-refractivity contribution is 0.601. The fourth-order valence-electron chi connectivity index (χ4n) is 3.24. The Hall–Kier alpha value is -3.63. The smallest absolute Gasteiger partial charge is 0.200 e. The summed E-state index contributed by atoms with van der Waals surface area (Å²) < 4.78 is 30.5. The molecule has 0 aliphatic heterocycles. The quantitative estimate of drug-likeness (QED) is 0.463. The Labute approximate surface area is 180 Å². The molecule has 0 unspecified atom stereocenters. The number of imidazole rings is 1. The summed E-state index contributed by atoms with van der Waals surface area (Å²) in [5.74, 6) is 6.99. The van der Waals surface area contributed by atoms with E-state index < -0.39 is 9.84 Å².